The van der Waals surface area contributed by atoms with E-state index in [9.17, 15) is 17.2 Å². The molecular weight excluding hydrogens is 264 g/mol. The first kappa shape index (κ1) is 12.8. The van der Waals surface area contributed by atoms with Gasteiger partial charge in [-0.15, -0.1) is 0 Å². The highest BCUT2D eigenvalue weighted by atomic mass is 35.5. The van der Waals surface area contributed by atoms with E-state index in [0.717, 1.165) is 0 Å². The molecule has 0 aliphatic heterocycles. The molecule has 9 heteroatoms. The molecule has 0 radical (unpaired) electrons. The molecule has 0 saturated heterocycles. The number of nitrogens with zero attached hydrogens (tertiary/aromatic N) is 2. The van der Waals surface area contributed by atoms with Crippen LogP contribution in [0.25, 0.3) is 0 Å². The molecule has 0 unspecified atom stereocenters. The van der Waals surface area contributed by atoms with E-state index in [1.165, 1.54) is 6.07 Å². The molecule has 1 aromatic heterocycles. The van der Waals surface area contributed by atoms with E-state index in [0.29, 0.717) is 6.07 Å². The fraction of sp³-hybridized carbons (Fsp3) is 0.143. The first-order valence-corrected chi connectivity index (χ1v) is 5.61. The lowest BCUT2D eigenvalue weighted by Gasteiger charge is -2.06. The summed E-state index contributed by atoms with van der Waals surface area (Å²) in [6, 6.07) is 2.06. The number of sulfonamides is 1. The summed E-state index contributed by atoms with van der Waals surface area (Å²) in [5.41, 5.74) is -1.38. The summed E-state index contributed by atoms with van der Waals surface area (Å²) >= 11 is 5.35. The third-order valence-corrected chi connectivity index (χ3v) is 2.70. The van der Waals surface area contributed by atoms with Crippen LogP contribution in [0.3, 0.4) is 0 Å². The Bertz CT molecular complexity index is 568. The topological polar surface area (TPSA) is 96.8 Å². The molecule has 0 amide bonds. The summed E-state index contributed by atoms with van der Waals surface area (Å²) in [5, 5.41) is 11.8. The molecule has 0 aromatic carbocycles. The standard InChI is InChI=1S/C7H4ClF2N3O2S/c8-6-5(7(9)10)3(2-11)1-4(13-6)16(12,14)15/h1,7H,(H2,12,14,15). The summed E-state index contributed by atoms with van der Waals surface area (Å²) in [6.45, 7) is 0. The molecule has 0 spiro atoms. The average molecular weight is 268 g/mol. The van der Waals surface area contributed by atoms with Crippen molar-refractivity contribution in [1.29, 1.82) is 5.26 Å². The Balaban J connectivity index is 3.59. The highest BCUT2D eigenvalue weighted by Crippen LogP contribution is 2.29. The van der Waals surface area contributed by atoms with E-state index in [1.807, 2.05) is 0 Å². The van der Waals surface area contributed by atoms with Crippen molar-refractivity contribution in [2.45, 2.75) is 11.5 Å². The van der Waals surface area contributed by atoms with Gasteiger partial charge in [0, 0.05) is 0 Å². The Morgan fingerprint density at radius 2 is 2.12 bits per heavy atom. The molecule has 0 saturated carbocycles. The molecule has 0 atom stereocenters. The lowest BCUT2D eigenvalue weighted by atomic mass is 10.1. The van der Waals surface area contributed by atoms with Crippen molar-refractivity contribution in [2.24, 2.45) is 5.14 Å². The van der Waals surface area contributed by atoms with E-state index in [1.54, 1.807) is 0 Å². The van der Waals surface area contributed by atoms with E-state index in [2.05, 4.69) is 4.98 Å². The third kappa shape index (κ3) is 2.44. The Labute approximate surface area is 94.5 Å². The minimum absolute atomic E-state index is 0.570. The maximum atomic E-state index is 12.4. The number of rotatable bonds is 2. The van der Waals surface area contributed by atoms with Crippen molar-refractivity contribution in [3.05, 3.63) is 22.3 Å². The zero-order valence-corrected chi connectivity index (χ0v) is 9.06. The van der Waals surface area contributed by atoms with E-state index < -0.39 is 37.8 Å². The molecule has 16 heavy (non-hydrogen) atoms. The van der Waals surface area contributed by atoms with Crippen LogP contribution in [0.4, 0.5) is 8.78 Å². The number of hydrogen-bond donors (Lipinski definition) is 1. The maximum absolute atomic E-state index is 12.4. The molecule has 86 valence electrons. The molecule has 2 N–H and O–H groups in total. The van der Waals surface area contributed by atoms with E-state index in [-0.39, 0.29) is 0 Å². The summed E-state index contributed by atoms with van der Waals surface area (Å²) in [5.74, 6) is 0. The second-order valence-corrected chi connectivity index (χ2v) is 4.54. The average Bonchev–Trinajstić information content (AvgIpc) is 2.14. The number of pyridine rings is 1. The molecule has 1 heterocycles. The highest BCUT2D eigenvalue weighted by molar-refractivity contribution is 7.89. The van der Waals surface area contributed by atoms with Gasteiger partial charge in [0.2, 0.25) is 0 Å². The van der Waals surface area contributed by atoms with Crippen LogP contribution in [0.2, 0.25) is 5.15 Å². The predicted molar refractivity (Wildman–Crippen MR) is 50.3 cm³/mol. The van der Waals surface area contributed by atoms with Crippen molar-refractivity contribution >= 4 is 21.6 Å². The Morgan fingerprint density at radius 3 is 2.50 bits per heavy atom. The van der Waals surface area contributed by atoms with Crippen LogP contribution in [0.15, 0.2) is 11.1 Å². The quantitative estimate of drug-likeness (QED) is 0.814. The lowest BCUT2D eigenvalue weighted by Crippen LogP contribution is -2.15. The lowest BCUT2D eigenvalue weighted by molar-refractivity contribution is 0.150. The number of hydrogen-bond acceptors (Lipinski definition) is 4. The number of halogens is 3. The van der Waals surface area contributed by atoms with Gasteiger partial charge in [0.05, 0.1) is 17.2 Å². The van der Waals surface area contributed by atoms with Crippen molar-refractivity contribution in [2.75, 3.05) is 0 Å². The second-order valence-electron chi connectivity index (χ2n) is 2.67. The maximum Gasteiger partial charge on any atom is 0.268 e. The summed E-state index contributed by atoms with van der Waals surface area (Å²) in [6.07, 6.45) is -3.02. The monoisotopic (exact) mass is 267 g/mol. The Morgan fingerprint density at radius 1 is 1.56 bits per heavy atom. The van der Waals surface area contributed by atoms with Crippen molar-refractivity contribution < 1.29 is 17.2 Å². The fourth-order valence-corrected chi connectivity index (χ4v) is 1.77. The van der Waals surface area contributed by atoms with Crippen molar-refractivity contribution in [3.8, 4) is 6.07 Å². The highest BCUT2D eigenvalue weighted by Gasteiger charge is 2.22. The van der Waals surface area contributed by atoms with Crippen LogP contribution in [-0.4, -0.2) is 13.4 Å². The molecular formula is C7H4ClF2N3O2S. The smallest absolute Gasteiger partial charge is 0.223 e. The Kier molecular flexibility index (Phi) is 3.42. The van der Waals surface area contributed by atoms with Gasteiger partial charge in [-0.1, -0.05) is 11.6 Å². The van der Waals surface area contributed by atoms with Crippen LogP contribution in [0.5, 0.6) is 0 Å². The molecule has 0 aliphatic carbocycles. The van der Waals surface area contributed by atoms with E-state index >= 15 is 0 Å². The first-order chi connectivity index (χ1) is 7.27. The first-order valence-electron chi connectivity index (χ1n) is 3.69. The van der Waals surface area contributed by atoms with E-state index in [4.69, 9.17) is 22.0 Å². The number of primary sulfonamides is 1. The Hall–Kier alpha value is -1.30. The zero-order valence-electron chi connectivity index (χ0n) is 7.49. The van der Waals surface area contributed by atoms with Crippen LogP contribution >= 0.6 is 11.6 Å². The summed E-state index contributed by atoms with van der Waals surface area (Å²) < 4.78 is 46.7. The molecule has 0 aliphatic rings. The normalized spacial score (nSPS) is 11.5. The van der Waals surface area contributed by atoms with Crippen molar-refractivity contribution in [1.82, 2.24) is 4.98 Å². The number of nitrogens with two attached hydrogens (primary N) is 1. The van der Waals surface area contributed by atoms with Gasteiger partial charge in [-0.25, -0.2) is 27.3 Å². The van der Waals surface area contributed by atoms with Gasteiger partial charge in [0.15, 0.2) is 5.03 Å². The molecule has 5 nitrogen and oxygen atoms in total. The van der Waals surface area contributed by atoms with Gasteiger partial charge < -0.3 is 0 Å². The van der Waals surface area contributed by atoms with Gasteiger partial charge >= 0.3 is 0 Å². The van der Waals surface area contributed by atoms with Gasteiger partial charge in [-0.3, -0.25) is 0 Å². The van der Waals surface area contributed by atoms with Gasteiger partial charge in [0.25, 0.3) is 16.4 Å². The van der Waals surface area contributed by atoms with Crippen LogP contribution in [0.1, 0.15) is 17.6 Å². The molecule has 0 fully saturated rings. The molecule has 1 rings (SSSR count). The predicted octanol–water partition coefficient (Wildman–Crippen LogP) is 1.19. The summed E-state index contributed by atoms with van der Waals surface area (Å²) in [4.78, 5) is 3.20. The van der Waals surface area contributed by atoms with Gasteiger partial charge in [0.1, 0.15) is 5.15 Å². The fourth-order valence-electron chi connectivity index (χ4n) is 0.947. The second kappa shape index (κ2) is 4.29. The van der Waals surface area contributed by atoms with Crippen LogP contribution in [-0.2, 0) is 10.0 Å². The molecule has 1 aromatic rings. The summed E-state index contributed by atoms with van der Waals surface area (Å²) in [7, 11) is -4.19. The largest absolute Gasteiger partial charge is 0.268 e. The van der Waals surface area contributed by atoms with Crippen molar-refractivity contribution in [3.63, 3.8) is 0 Å². The van der Waals surface area contributed by atoms with Crippen LogP contribution in [0, 0.1) is 11.3 Å². The van der Waals surface area contributed by atoms with Gasteiger partial charge in [-0.2, -0.15) is 5.26 Å². The molecule has 0 bridgehead atoms. The van der Waals surface area contributed by atoms with Gasteiger partial charge in [-0.05, 0) is 6.07 Å². The minimum Gasteiger partial charge on any atom is -0.223 e. The number of nitriles is 1. The zero-order chi connectivity index (χ0) is 12.5. The third-order valence-electron chi connectivity index (χ3n) is 1.62. The SMILES string of the molecule is N#Cc1cc(S(N)(=O)=O)nc(Cl)c1C(F)F. The van der Waals surface area contributed by atoms with Crippen LogP contribution < -0.4 is 5.14 Å². The minimum atomic E-state index is -4.19. The number of aromatic nitrogens is 1. The number of alkyl halides is 2.